The first-order valence-electron chi connectivity index (χ1n) is 3.79. The smallest absolute Gasteiger partial charge is 0.295 e. The van der Waals surface area contributed by atoms with E-state index in [9.17, 15) is 9.59 Å². The van der Waals surface area contributed by atoms with Gasteiger partial charge in [0.15, 0.2) is 12.3 Å². The van der Waals surface area contributed by atoms with Crippen LogP contribution in [0.15, 0.2) is 12.3 Å². The average Bonchev–Trinajstić information content (AvgIpc) is 2.51. The predicted octanol–water partition coefficient (Wildman–Crippen LogP) is -1.43. The maximum absolute atomic E-state index is 11.2. The third-order valence-corrected chi connectivity index (χ3v) is 1.33. The van der Waals surface area contributed by atoms with Crippen molar-refractivity contribution in [3.05, 3.63) is 18.0 Å². The third kappa shape index (κ3) is 2.87. The third-order valence-electron chi connectivity index (χ3n) is 1.33. The Morgan fingerprint density at radius 1 is 1.71 bits per heavy atom. The summed E-state index contributed by atoms with van der Waals surface area (Å²) < 4.78 is 1.48. The van der Waals surface area contributed by atoms with Crippen LogP contribution in [0.25, 0.3) is 0 Å². The Labute approximate surface area is 79.8 Å². The van der Waals surface area contributed by atoms with Crippen molar-refractivity contribution in [2.75, 3.05) is 6.61 Å². The lowest BCUT2D eigenvalue weighted by Crippen LogP contribution is -2.29. The minimum atomic E-state index is -0.661. The number of primary amides is 1. The second-order valence-electron chi connectivity index (χ2n) is 2.56. The summed E-state index contributed by atoms with van der Waals surface area (Å²) >= 11 is 0. The van der Waals surface area contributed by atoms with Crippen molar-refractivity contribution in [1.82, 2.24) is 15.3 Å². The lowest BCUT2D eigenvalue weighted by molar-refractivity contribution is -0.124. The molecule has 14 heavy (non-hydrogen) atoms. The molecule has 0 spiro atoms. The Morgan fingerprint density at radius 2 is 2.43 bits per heavy atom. The number of nitrogens with two attached hydrogens (primary N) is 1. The molecule has 0 bridgehead atoms. The molecule has 1 aromatic heterocycles. The van der Waals surface area contributed by atoms with E-state index < -0.39 is 11.8 Å². The number of nitrogens with zero attached hydrogens (tertiary/aromatic N) is 2. The van der Waals surface area contributed by atoms with Crippen molar-refractivity contribution in [1.29, 1.82) is 0 Å². The molecule has 0 aliphatic heterocycles. The second kappa shape index (κ2) is 4.38. The Morgan fingerprint density at radius 3 is 2.93 bits per heavy atom. The van der Waals surface area contributed by atoms with Gasteiger partial charge in [-0.1, -0.05) is 0 Å². The van der Waals surface area contributed by atoms with Gasteiger partial charge in [0, 0.05) is 13.2 Å². The molecule has 3 N–H and O–H groups in total. The summed E-state index contributed by atoms with van der Waals surface area (Å²) in [7, 11) is 1.68. The zero-order valence-electron chi connectivity index (χ0n) is 7.56. The number of hydroxylamine groups is 1. The molecular weight excluding hydrogens is 188 g/mol. The van der Waals surface area contributed by atoms with Gasteiger partial charge >= 0.3 is 0 Å². The molecule has 1 aromatic rings. The van der Waals surface area contributed by atoms with Crippen LogP contribution in [0.4, 0.5) is 0 Å². The molecule has 0 fully saturated rings. The Hall–Kier alpha value is -1.89. The van der Waals surface area contributed by atoms with Gasteiger partial charge < -0.3 is 5.73 Å². The first-order chi connectivity index (χ1) is 6.59. The molecule has 0 aliphatic carbocycles. The standard InChI is InChI=1S/C7H10N4O3/c1-11-3-2-5(9-11)7(13)10-14-4-6(8)12/h2-3H,4H2,1H3,(H2,8,12)(H,10,13). The highest BCUT2D eigenvalue weighted by Crippen LogP contribution is 1.92. The number of carbonyl (C=O) groups excluding carboxylic acids is 2. The van der Waals surface area contributed by atoms with Crippen LogP contribution in [0.1, 0.15) is 10.5 Å². The van der Waals surface area contributed by atoms with Crippen LogP contribution in [0.3, 0.4) is 0 Å². The topological polar surface area (TPSA) is 99.2 Å². The Balaban J connectivity index is 2.39. The predicted molar refractivity (Wildman–Crippen MR) is 45.8 cm³/mol. The zero-order valence-corrected chi connectivity index (χ0v) is 7.56. The van der Waals surface area contributed by atoms with Gasteiger partial charge in [-0.3, -0.25) is 19.1 Å². The first-order valence-corrected chi connectivity index (χ1v) is 3.79. The molecule has 0 atom stereocenters. The highest BCUT2D eigenvalue weighted by molar-refractivity contribution is 5.91. The van der Waals surface area contributed by atoms with Crippen LogP contribution in [0.2, 0.25) is 0 Å². The summed E-state index contributed by atoms with van der Waals surface area (Å²) in [5.74, 6) is -1.18. The number of hydrogen-bond donors (Lipinski definition) is 2. The number of aromatic nitrogens is 2. The maximum Gasteiger partial charge on any atom is 0.295 e. The molecule has 1 heterocycles. The van der Waals surface area contributed by atoms with E-state index >= 15 is 0 Å². The number of hydrogen-bond acceptors (Lipinski definition) is 4. The summed E-state index contributed by atoms with van der Waals surface area (Å²) in [5, 5.41) is 3.82. The molecule has 2 amide bonds. The lowest BCUT2D eigenvalue weighted by atomic mass is 10.4. The summed E-state index contributed by atoms with van der Waals surface area (Å²) in [6.07, 6.45) is 1.61. The Bertz CT molecular complexity index is 346. The maximum atomic E-state index is 11.2. The van der Waals surface area contributed by atoms with Gasteiger partial charge in [0.2, 0.25) is 5.91 Å². The van der Waals surface area contributed by atoms with Crippen LogP contribution in [-0.4, -0.2) is 28.2 Å². The van der Waals surface area contributed by atoms with E-state index in [1.54, 1.807) is 13.2 Å². The lowest BCUT2D eigenvalue weighted by Gasteiger charge is -2.00. The van der Waals surface area contributed by atoms with E-state index in [4.69, 9.17) is 5.73 Å². The number of amides is 2. The van der Waals surface area contributed by atoms with Gasteiger partial charge in [-0.15, -0.1) is 0 Å². The molecule has 0 radical (unpaired) electrons. The quantitative estimate of drug-likeness (QED) is 0.579. The summed E-state index contributed by atoms with van der Waals surface area (Å²) in [5.41, 5.74) is 7.02. The van der Waals surface area contributed by atoms with E-state index in [0.29, 0.717) is 0 Å². The van der Waals surface area contributed by atoms with Crippen LogP contribution < -0.4 is 11.2 Å². The fourth-order valence-corrected chi connectivity index (χ4v) is 0.761. The van der Waals surface area contributed by atoms with Crippen molar-refractivity contribution in [2.45, 2.75) is 0 Å². The van der Waals surface area contributed by atoms with Crippen LogP contribution >= 0.6 is 0 Å². The number of aryl methyl sites for hydroxylation is 1. The van der Waals surface area contributed by atoms with Crippen LogP contribution in [0, 0.1) is 0 Å². The summed E-state index contributed by atoms with van der Waals surface area (Å²) in [4.78, 5) is 25.9. The molecule has 0 saturated heterocycles. The monoisotopic (exact) mass is 198 g/mol. The van der Waals surface area contributed by atoms with Crippen LogP contribution in [-0.2, 0) is 16.7 Å². The van der Waals surface area contributed by atoms with E-state index in [1.807, 2.05) is 5.48 Å². The summed E-state index contributed by atoms with van der Waals surface area (Å²) in [6.45, 7) is -0.363. The molecule has 0 aromatic carbocycles. The molecule has 0 aliphatic rings. The fraction of sp³-hybridized carbons (Fsp3) is 0.286. The van der Waals surface area contributed by atoms with Crippen LogP contribution in [0.5, 0.6) is 0 Å². The van der Waals surface area contributed by atoms with Crippen molar-refractivity contribution < 1.29 is 14.4 Å². The summed E-state index contributed by atoms with van der Waals surface area (Å²) in [6, 6.07) is 1.52. The first kappa shape index (κ1) is 10.2. The number of carbonyl (C=O) groups is 2. The minimum absolute atomic E-state index is 0.206. The second-order valence-corrected chi connectivity index (χ2v) is 2.56. The van der Waals surface area contributed by atoms with Gasteiger partial charge in [0.25, 0.3) is 5.91 Å². The minimum Gasteiger partial charge on any atom is -0.368 e. The van der Waals surface area contributed by atoms with E-state index in [0.717, 1.165) is 0 Å². The molecule has 7 nitrogen and oxygen atoms in total. The number of rotatable bonds is 4. The SMILES string of the molecule is Cn1ccc(C(=O)NOCC(N)=O)n1. The average molecular weight is 198 g/mol. The van der Waals surface area contributed by atoms with Crippen molar-refractivity contribution in [3.63, 3.8) is 0 Å². The number of nitrogens with one attached hydrogen (secondary N) is 1. The van der Waals surface area contributed by atoms with E-state index in [2.05, 4.69) is 9.94 Å². The largest absolute Gasteiger partial charge is 0.368 e. The molecule has 0 unspecified atom stereocenters. The molecule has 0 saturated carbocycles. The van der Waals surface area contributed by atoms with Gasteiger partial charge in [0.05, 0.1) is 0 Å². The Kier molecular flexibility index (Phi) is 3.19. The van der Waals surface area contributed by atoms with Gasteiger partial charge in [-0.05, 0) is 6.07 Å². The molecular formula is C7H10N4O3. The highest BCUT2D eigenvalue weighted by atomic mass is 16.7. The normalized spacial score (nSPS) is 9.79. The van der Waals surface area contributed by atoms with Gasteiger partial charge in [-0.2, -0.15) is 5.10 Å². The van der Waals surface area contributed by atoms with Crippen molar-refractivity contribution in [3.8, 4) is 0 Å². The molecule has 7 heteroatoms. The molecule has 1 rings (SSSR count). The van der Waals surface area contributed by atoms with Gasteiger partial charge in [0.1, 0.15) is 0 Å². The van der Waals surface area contributed by atoms with Crippen molar-refractivity contribution >= 4 is 11.8 Å². The van der Waals surface area contributed by atoms with Crippen molar-refractivity contribution in [2.24, 2.45) is 12.8 Å². The fourth-order valence-electron chi connectivity index (χ4n) is 0.761. The molecule has 76 valence electrons. The van der Waals surface area contributed by atoms with E-state index in [1.165, 1.54) is 10.7 Å². The van der Waals surface area contributed by atoms with E-state index in [-0.39, 0.29) is 12.3 Å². The highest BCUT2D eigenvalue weighted by Gasteiger charge is 2.08. The van der Waals surface area contributed by atoms with Gasteiger partial charge in [-0.25, -0.2) is 5.48 Å². The zero-order chi connectivity index (χ0) is 10.6.